The fourth-order valence-corrected chi connectivity index (χ4v) is 3.28. The van der Waals surface area contributed by atoms with Gasteiger partial charge in [0, 0.05) is 38.1 Å². The quantitative estimate of drug-likeness (QED) is 0.763. The summed E-state index contributed by atoms with van der Waals surface area (Å²) in [5, 5.41) is 8.92. The first-order valence-corrected chi connectivity index (χ1v) is 6.95. The minimum Gasteiger partial charge on any atom is -0.390 e. The van der Waals surface area contributed by atoms with E-state index in [9.17, 15) is 8.42 Å². The lowest BCUT2D eigenvalue weighted by Crippen LogP contribution is -2.46. The van der Waals surface area contributed by atoms with Gasteiger partial charge in [-0.2, -0.15) is 4.31 Å². The fraction of sp³-hybridized carbons (Fsp3) is 0.600. The molecule has 1 saturated heterocycles. The standard InChI is InChI=1S/C10H17N3O3S/c1-12-2-4-13(5-3-12)17(15,16)10-6-9(8-14)11-7-10/h6-7,11,14H,2-5,8H2,1H3. The van der Waals surface area contributed by atoms with Crippen LogP contribution < -0.4 is 0 Å². The molecule has 6 nitrogen and oxygen atoms in total. The maximum absolute atomic E-state index is 12.2. The highest BCUT2D eigenvalue weighted by Crippen LogP contribution is 2.18. The second kappa shape index (κ2) is 4.77. The van der Waals surface area contributed by atoms with Crippen molar-refractivity contribution in [3.8, 4) is 0 Å². The number of aliphatic hydroxyl groups is 1. The molecule has 1 aromatic rings. The number of nitrogens with one attached hydrogen (secondary N) is 1. The second-order valence-corrected chi connectivity index (χ2v) is 6.16. The van der Waals surface area contributed by atoms with Crippen LogP contribution in [-0.4, -0.2) is 60.9 Å². The third-order valence-corrected chi connectivity index (χ3v) is 4.86. The summed E-state index contributed by atoms with van der Waals surface area (Å²) in [6, 6.07) is 1.48. The van der Waals surface area contributed by atoms with E-state index in [1.54, 1.807) is 0 Å². The summed E-state index contributed by atoms with van der Waals surface area (Å²) < 4.78 is 25.9. The van der Waals surface area contributed by atoms with Crippen molar-refractivity contribution in [2.75, 3.05) is 33.2 Å². The molecule has 0 atom stereocenters. The maximum Gasteiger partial charge on any atom is 0.244 e. The number of sulfonamides is 1. The average molecular weight is 259 g/mol. The van der Waals surface area contributed by atoms with Gasteiger partial charge in [0.25, 0.3) is 0 Å². The predicted molar refractivity (Wildman–Crippen MR) is 63.0 cm³/mol. The van der Waals surface area contributed by atoms with Crippen LogP contribution >= 0.6 is 0 Å². The van der Waals surface area contributed by atoms with Crippen molar-refractivity contribution in [1.29, 1.82) is 0 Å². The largest absolute Gasteiger partial charge is 0.390 e. The van der Waals surface area contributed by atoms with E-state index in [0.717, 1.165) is 13.1 Å². The minimum atomic E-state index is -3.41. The Kier molecular flexibility index (Phi) is 3.53. The normalized spacial score (nSPS) is 19.6. The zero-order valence-electron chi connectivity index (χ0n) is 9.76. The predicted octanol–water partition coefficient (Wildman–Crippen LogP) is -0.557. The molecule has 1 aliphatic heterocycles. The topological polar surface area (TPSA) is 76.6 Å². The molecule has 0 bridgehead atoms. The number of H-pyrrole nitrogens is 1. The van der Waals surface area contributed by atoms with E-state index >= 15 is 0 Å². The Bertz CT molecular complexity index is 475. The lowest BCUT2D eigenvalue weighted by molar-refractivity contribution is 0.222. The van der Waals surface area contributed by atoms with Crippen LogP contribution in [0.15, 0.2) is 17.2 Å². The van der Waals surface area contributed by atoms with Crippen molar-refractivity contribution in [1.82, 2.24) is 14.2 Å². The molecule has 1 aromatic heterocycles. The van der Waals surface area contributed by atoms with Crippen molar-refractivity contribution < 1.29 is 13.5 Å². The van der Waals surface area contributed by atoms with Crippen molar-refractivity contribution in [3.63, 3.8) is 0 Å². The third-order valence-electron chi connectivity index (χ3n) is 2.99. The van der Waals surface area contributed by atoms with Crippen LogP contribution in [0.1, 0.15) is 5.69 Å². The van der Waals surface area contributed by atoms with Crippen LogP contribution in [0.4, 0.5) is 0 Å². The average Bonchev–Trinajstić information content (AvgIpc) is 2.78. The molecule has 0 radical (unpaired) electrons. The molecule has 0 unspecified atom stereocenters. The Balaban J connectivity index is 2.18. The number of likely N-dealkylation sites (N-methyl/N-ethyl adjacent to an activating group) is 1. The number of aromatic amines is 1. The fourth-order valence-electron chi connectivity index (χ4n) is 1.84. The van der Waals surface area contributed by atoms with Gasteiger partial charge in [-0.3, -0.25) is 0 Å². The molecule has 96 valence electrons. The maximum atomic E-state index is 12.2. The number of piperazine rings is 1. The van der Waals surface area contributed by atoms with Gasteiger partial charge in [0.05, 0.1) is 11.5 Å². The monoisotopic (exact) mass is 259 g/mol. The van der Waals surface area contributed by atoms with E-state index in [-0.39, 0.29) is 11.5 Å². The summed E-state index contributed by atoms with van der Waals surface area (Å²) in [4.78, 5) is 5.07. The SMILES string of the molecule is CN1CCN(S(=O)(=O)c2c[nH]c(CO)c2)CC1. The summed E-state index contributed by atoms with van der Waals surface area (Å²) >= 11 is 0. The van der Waals surface area contributed by atoms with Gasteiger partial charge in [-0.25, -0.2) is 8.42 Å². The van der Waals surface area contributed by atoms with Crippen LogP contribution in [0.3, 0.4) is 0 Å². The van der Waals surface area contributed by atoms with E-state index in [0.29, 0.717) is 18.8 Å². The van der Waals surface area contributed by atoms with Crippen LogP contribution in [0.2, 0.25) is 0 Å². The molecule has 0 saturated carbocycles. The molecule has 1 aliphatic rings. The molecule has 2 heterocycles. The van der Waals surface area contributed by atoms with E-state index in [1.165, 1.54) is 16.6 Å². The van der Waals surface area contributed by atoms with Gasteiger partial charge in [-0.15, -0.1) is 0 Å². The number of hydrogen-bond acceptors (Lipinski definition) is 4. The number of aliphatic hydroxyl groups excluding tert-OH is 1. The van der Waals surface area contributed by atoms with Crippen LogP contribution in [-0.2, 0) is 16.6 Å². The van der Waals surface area contributed by atoms with Crippen LogP contribution in [0.25, 0.3) is 0 Å². The van der Waals surface area contributed by atoms with Crippen molar-refractivity contribution in [2.24, 2.45) is 0 Å². The Hall–Kier alpha value is -0.890. The van der Waals surface area contributed by atoms with Crippen molar-refractivity contribution >= 4 is 10.0 Å². The Morgan fingerprint density at radius 2 is 2.00 bits per heavy atom. The summed E-state index contributed by atoms with van der Waals surface area (Å²) in [7, 11) is -1.43. The molecule has 2 rings (SSSR count). The van der Waals surface area contributed by atoms with E-state index < -0.39 is 10.0 Å². The van der Waals surface area contributed by atoms with Crippen LogP contribution in [0.5, 0.6) is 0 Å². The highest BCUT2D eigenvalue weighted by Gasteiger charge is 2.28. The molecule has 2 N–H and O–H groups in total. The van der Waals surface area contributed by atoms with Crippen molar-refractivity contribution in [3.05, 3.63) is 18.0 Å². The summed E-state index contributed by atoms with van der Waals surface area (Å²) in [6.07, 6.45) is 1.43. The van der Waals surface area contributed by atoms with Crippen molar-refractivity contribution in [2.45, 2.75) is 11.5 Å². The Morgan fingerprint density at radius 1 is 1.35 bits per heavy atom. The Labute approximate surface area is 101 Å². The van der Waals surface area contributed by atoms with E-state index in [4.69, 9.17) is 5.11 Å². The Morgan fingerprint density at radius 3 is 2.53 bits per heavy atom. The highest BCUT2D eigenvalue weighted by molar-refractivity contribution is 7.89. The second-order valence-electron chi connectivity index (χ2n) is 4.23. The first-order chi connectivity index (χ1) is 8.04. The molecule has 0 amide bonds. The number of rotatable bonds is 3. The molecular formula is C10H17N3O3S. The number of hydrogen-bond donors (Lipinski definition) is 2. The number of nitrogens with zero attached hydrogens (tertiary/aromatic N) is 2. The zero-order chi connectivity index (χ0) is 12.5. The van der Waals surface area contributed by atoms with Crippen LogP contribution in [0, 0.1) is 0 Å². The summed E-state index contributed by atoms with van der Waals surface area (Å²) in [5.74, 6) is 0. The van der Waals surface area contributed by atoms with Gasteiger partial charge in [0.1, 0.15) is 0 Å². The number of aromatic nitrogens is 1. The van der Waals surface area contributed by atoms with Gasteiger partial charge < -0.3 is 15.0 Å². The molecule has 0 spiro atoms. The lowest BCUT2D eigenvalue weighted by Gasteiger charge is -2.31. The molecule has 7 heteroatoms. The molecule has 1 fully saturated rings. The summed E-state index contributed by atoms with van der Waals surface area (Å²) in [5.41, 5.74) is 0.512. The molecule has 0 aliphatic carbocycles. The highest BCUT2D eigenvalue weighted by atomic mass is 32.2. The van der Waals surface area contributed by atoms with E-state index in [2.05, 4.69) is 9.88 Å². The minimum absolute atomic E-state index is 0.182. The van der Waals surface area contributed by atoms with Gasteiger partial charge in [0.2, 0.25) is 10.0 Å². The first kappa shape index (κ1) is 12.6. The van der Waals surface area contributed by atoms with Gasteiger partial charge in [-0.1, -0.05) is 0 Å². The van der Waals surface area contributed by atoms with E-state index in [1.807, 2.05) is 7.05 Å². The third kappa shape index (κ3) is 2.52. The summed E-state index contributed by atoms with van der Waals surface area (Å²) in [6.45, 7) is 2.34. The smallest absolute Gasteiger partial charge is 0.244 e. The first-order valence-electron chi connectivity index (χ1n) is 5.51. The lowest BCUT2D eigenvalue weighted by atomic mass is 10.4. The molecule has 0 aromatic carbocycles. The van der Waals surface area contributed by atoms with Gasteiger partial charge >= 0.3 is 0 Å². The van der Waals surface area contributed by atoms with Gasteiger partial charge in [0.15, 0.2) is 0 Å². The molecule has 17 heavy (non-hydrogen) atoms. The zero-order valence-corrected chi connectivity index (χ0v) is 10.6. The molecular weight excluding hydrogens is 242 g/mol. The van der Waals surface area contributed by atoms with Gasteiger partial charge in [-0.05, 0) is 13.1 Å².